The van der Waals surface area contributed by atoms with E-state index < -0.39 is 17.8 Å². The first-order chi connectivity index (χ1) is 14.2. The predicted octanol–water partition coefficient (Wildman–Crippen LogP) is 0.537. The maximum absolute atomic E-state index is 13.0. The van der Waals surface area contributed by atoms with Gasteiger partial charge in [-0.1, -0.05) is 18.2 Å². The average Bonchev–Trinajstić information content (AvgIpc) is 3.09. The molecular weight excluding hydrogens is 403 g/mol. The number of benzene rings is 1. The van der Waals surface area contributed by atoms with Gasteiger partial charge in [-0.3, -0.25) is 14.5 Å². The molecule has 2 saturated heterocycles. The van der Waals surface area contributed by atoms with Gasteiger partial charge in [0.25, 0.3) is 0 Å². The molecule has 3 N–H and O–H groups in total. The number of rotatable bonds is 7. The third-order valence-corrected chi connectivity index (χ3v) is 5.11. The highest BCUT2D eigenvalue weighted by Gasteiger charge is 2.33. The summed E-state index contributed by atoms with van der Waals surface area (Å²) in [6.45, 7) is 2.68. The van der Waals surface area contributed by atoms with Gasteiger partial charge in [-0.15, -0.1) is 0 Å². The fourth-order valence-corrected chi connectivity index (χ4v) is 3.56. The van der Waals surface area contributed by atoms with Gasteiger partial charge in [-0.05, 0) is 11.6 Å². The first-order valence-electron chi connectivity index (χ1n) is 9.71. The Kier molecular flexibility index (Phi) is 6.80. The number of urea groups is 1. The quantitative estimate of drug-likeness (QED) is 0.592. The van der Waals surface area contributed by atoms with Crippen molar-refractivity contribution in [3.63, 3.8) is 0 Å². The molecule has 0 unspecified atom stereocenters. The van der Waals surface area contributed by atoms with E-state index in [4.69, 9.17) is 0 Å². The number of hydrogen-bond donors (Lipinski definition) is 3. The summed E-state index contributed by atoms with van der Waals surface area (Å²) in [6.07, 6.45) is -4.56. The molecule has 2 heterocycles. The number of carbonyl (C=O) groups is 3. The van der Waals surface area contributed by atoms with E-state index >= 15 is 0 Å². The third kappa shape index (κ3) is 5.62. The molecule has 3 rings (SSSR count). The van der Waals surface area contributed by atoms with Gasteiger partial charge in [0, 0.05) is 45.8 Å². The summed E-state index contributed by atoms with van der Waals surface area (Å²) in [5, 5.41) is 8.05. The molecule has 2 fully saturated rings. The predicted molar refractivity (Wildman–Crippen MR) is 101 cm³/mol. The lowest BCUT2D eigenvalue weighted by Crippen LogP contribution is -2.56. The molecule has 0 aliphatic carbocycles. The number of carbonyl (C=O) groups excluding carboxylic acids is 3. The van der Waals surface area contributed by atoms with Crippen molar-refractivity contribution in [2.24, 2.45) is 0 Å². The highest BCUT2D eigenvalue weighted by atomic mass is 19.4. The van der Waals surface area contributed by atoms with E-state index in [1.54, 1.807) is 15.9 Å². The summed E-state index contributed by atoms with van der Waals surface area (Å²) in [6, 6.07) is 4.01. The van der Waals surface area contributed by atoms with Gasteiger partial charge in [0.1, 0.15) is 0 Å². The first kappa shape index (κ1) is 21.9. The lowest BCUT2D eigenvalue weighted by molar-refractivity contribution is -0.137. The Bertz CT molecular complexity index is 802. The second kappa shape index (κ2) is 9.33. The first-order valence-corrected chi connectivity index (χ1v) is 9.71. The van der Waals surface area contributed by atoms with E-state index in [2.05, 4.69) is 16.0 Å². The molecule has 0 spiro atoms. The van der Waals surface area contributed by atoms with Crippen molar-refractivity contribution in [1.29, 1.82) is 0 Å². The van der Waals surface area contributed by atoms with Gasteiger partial charge in [0.05, 0.1) is 18.0 Å². The monoisotopic (exact) mass is 427 g/mol. The van der Waals surface area contributed by atoms with Crippen molar-refractivity contribution in [1.82, 2.24) is 25.8 Å². The third-order valence-electron chi connectivity index (χ3n) is 5.11. The van der Waals surface area contributed by atoms with Crippen molar-refractivity contribution < 1.29 is 27.6 Å². The second-order valence-corrected chi connectivity index (χ2v) is 7.25. The van der Waals surface area contributed by atoms with Crippen LogP contribution in [0.1, 0.15) is 17.5 Å². The Morgan fingerprint density at radius 3 is 2.63 bits per heavy atom. The topological polar surface area (TPSA) is 93.8 Å². The van der Waals surface area contributed by atoms with Gasteiger partial charge in [-0.2, -0.15) is 13.2 Å². The largest absolute Gasteiger partial charge is 0.416 e. The van der Waals surface area contributed by atoms with Crippen molar-refractivity contribution in [2.75, 3.05) is 39.3 Å². The van der Waals surface area contributed by atoms with Gasteiger partial charge in [0.2, 0.25) is 11.8 Å². The van der Waals surface area contributed by atoms with Gasteiger partial charge >= 0.3 is 12.2 Å². The molecule has 30 heavy (non-hydrogen) atoms. The zero-order valence-electron chi connectivity index (χ0n) is 16.3. The molecular formula is C19H24F3N5O3. The second-order valence-electron chi connectivity index (χ2n) is 7.25. The molecule has 8 nitrogen and oxygen atoms in total. The van der Waals surface area contributed by atoms with Crippen LogP contribution in [0, 0.1) is 0 Å². The van der Waals surface area contributed by atoms with Crippen LogP contribution in [0.4, 0.5) is 18.0 Å². The van der Waals surface area contributed by atoms with Crippen LogP contribution in [0.3, 0.4) is 0 Å². The minimum absolute atomic E-state index is 0.114. The number of amides is 4. The number of nitrogens with zero attached hydrogens (tertiary/aromatic N) is 2. The van der Waals surface area contributed by atoms with E-state index in [-0.39, 0.29) is 37.4 Å². The van der Waals surface area contributed by atoms with Crippen LogP contribution >= 0.6 is 0 Å². The van der Waals surface area contributed by atoms with Crippen LogP contribution in [-0.4, -0.2) is 73.0 Å². The fraction of sp³-hybridized carbons (Fsp3) is 0.526. The SMILES string of the molecule is O=C(C[C@H]1C(=O)NCCN1Cc1cccc(C(F)(F)F)c1)NCCN1CCNC1=O. The highest BCUT2D eigenvalue weighted by molar-refractivity contribution is 5.88. The van der Waals surface area contributed by atoms with Crippen LogP contribution in [0.15, 0.2) is 24.3 Å². The van der Waals surface area contributed by atoms with Gasteiger partial charge < -0.3 is 20.9 Å². The zero-order valence-corrected chi connectivity index (χ0v) is 16.3. The number of hydrogen-bond acceptors (Lipinski definition) is 4. The molecule has 0 saturated carbocycles. The highest BCUT2D eigenvalue weighted by Crippen LogP contribution is 2.30. The Morgan fingerprint density at radius 1 is 1.17 bits per heavy atom. The molecule has 0 aromatic heterocycles. The van der Waals surface area contributed by atoms with E-state index in [1.165, 1.54) is 6.07 Å². The minimum Gasteiger partial charge on any atom is -0.354 e. The van der Waals surface area contributed by atoms with Crippen LogP contribution in [0.2, 0.25) is 0 Å². The molecule has 11 heteroatoms. The maximum Gasteiger partial charge on any atom is 0.416 e. The summed E-state index contributed by atoms with van der Waals surface area (Å²) < 4.78 is 38.9. The minimum atomic E-state index is -4.44. The van der Waals surface area contributed by atoms with Crippen molar-refractivity contribution in [3.8, 4) is 0 Å². The molecule has 2 aliphatic rings. The summed E-state index contributed by atoms with van der Waals surface area (Å²) in [5.74, 6) is -0.687. The number of alkyl halides is 3. The Labute approximate surface area is 171 Å². The summed E-state index contributed by atoms with van der Waals surface area (Å²) >= 11 is 0. The standard InChI is InChI=1S/C19H24F3N5O3/c20-19(21,22)14-3-1-2-13(10-14)12-27-9-5-24-17(29)15(27)11-16(28)23-4-7-26-8-6-25-18(26)30/h1-3,10,15H,4-9,11-12H2,(H,23,28)(H,24,29)(H,25,30)/t15-/m0/s1. The van der Waals surface area contributed by atoms with E-state index in [9.17, 15) is 27.6 Å². The lowest BCUT2D eigenvalue weighted by atomic mass is 10.1. The van der Waals surface area contributed by atoms with Gasteiger partial charge in [0.15, 0.2) is 0 Å². The summed E-state index contributed by atoms with van der Waals surface area (Å²) in [7, 11) is 0. The number of halogens is 3. The van der Waals surface area contributed by atoms with E-state index in [0.717, 1.165) is 12.1 Å². The molecule has 1 atom stereocenters. The normalized spacial score (nSPS) is 20.1. The molecule has 4 amide bonds. The van der Waals surface area contributed by atoms with Gasteiger partial charge in [-0.25, -0.2) is 4.79 Å². The zero-order chi connectivity index (χ0) is 21.7. The lowest BCUT2D eigenvalue weighted by Gasteiger charge is -2.34. The van der Waals surface area contributed by atoms with Crippen LogP contribution in [-0.2, 0) is 22.3 Å². The molecule has 0 radical (unpaired) electrons. The van der Waals surface area contributed by atoms with Crippen LogP contribution in [0.25, 0.3) is 0 Å². The Morgan fingerprint density at radius 2 is 1.93 bits per heavy atom. The Hall–Kier alpha value is -2.82. The van der Waals surface area contributed by atoms with Crippen molar-refractivity contribution in [3.05, 3.63) is 35.4 Å². The van der Waals surface area contributed by atoms with E-state index in [0.29, 0.717) is 38.3 Å². The molecule has 0 bridgehead atoms. The smallest absolute Gasteiger partial charge is 0.354 e. The number of piperazine rings is 1. The molecule has 1 aromatic rings. The molecule has 1 aromatic carbocycles. The van der Waals surface area contributed by atoms with Crippen molar-refractivity contribution >= 4 is 17.8 Å². The maximum atomic E-state index is 13.0. The molecule has 164 valence electrons. The van der Waals surface area contributed by atoms with E-state index in [1.807, 2.05) is 0 Å². The average molecular weight is 427 g/mol. The van der Waals surface area contributed by atoms with Crippen LogP contribution < -0.4 is 16.0 Å². The summed E-state index contributed by atoms with van der Waals surface area (Å²) in [4.78, 5) is 39.4. The van der Waals surface area contributed by atoms with Crippen LogP contribution in [0.5, 0.6) is 0 Å². The Balaban J connectivity index is 1.57. The summed E-state index contributed by atoms with van der Waals surface area (Å²) in [5.41, 5.74) is -0.327. The molecule has 2 aliphatic heterocycles. The van der Waals surface area contributed by atoms with Crippen molar-refractivity contribution in [2.45, 2.75) is 25.2 Å². The fourth-order valence-electron chi connectivity index (χ4n) is 3.56. The number of nitrogens with one attached hydrogen (secondary N) is 3.